The van der Waals surface area contributed by atoms with Gasteiger partial charge in [-0.15, -0.1) is 0 Å². The molecule has 0 atom stereocenters. The smallest absolute Gasteiger partial charge is 0.337 e. The van der Waals surface area contributed by atoms with Gasteiger partial charge in [-0.25, -0.2) is 4.79 Å². The molecule has 20 heavy (non-hydrogen) atoms. The first-order chi connectivity index (χ1) is 9.36. The number of carboxylic acids is 1. The Labute approximate surface area is 124 Å². The molecule has 0 unspecified atom stereocenters. The van der Waals surface area contributed by atoms with E-state index < -0.39 is 5.97 Å². The number of hydrogen-bond acceptors (Lipinski definition) is 4. The van der Waals surface area contributed by atoms with E-state index in [1.54, 1.807) is 13.2 Å². The number of nitrogens with two attached hydrogens (primary N) is 1. The number of nitrogen functional groups attached to an aromatic ring is 1. The van der Waals surface area contributed by atoms with E-state index in [-0.39, 0.29) is 5.56 Å². The number of benzene rings is 1. The van der Waals surface area contributed by atoms with Gasteiger partial charge in [0.1, 0.15) is 0 Å². The van der Waals surface area contributed by atoms with Crippen LogP contribution in [0.5, 0.6) is 0 Å². The van der Waals surface area contributed by atoms with Crippen molar-refractivity contribution in [1.29, 1.82) is 0 Å². The summed E-state index contributed by atoms with van der Waals surface area (Å²) in [5, 5.41) is 9.70. The molecule has 0 heterocycles. The molecule has 1 aromatic carbocycles. The van der Waals surface area contributed by atoms with Crippen LogP contribution >= 0.6 is 11.6 Å². The van der Waals surface area contributed by atoms with Crippen molar-refractivity contribution in [2.45, 2.75) is 13.8 Å². The molecule has 0 amide bonds. The Balaban J connectivity index is 3.26. The highest BCUT2D eigenvalue weighted by atomic mass is 35.5. The van der Waals surface area contributed by atoms with Crippen LogP contribution in [0.25, 0.3) is 0 Å². The predicted octanol–water partition coefficient (Wildman–Crippen LogP) is 2.73. The first kappa shape index (κ1) is 16.6. The standard InChI is InChI=1S/C14H21ClN2O3/c1-9(2)8-17(4-5-20-3)13-11(14(18)19)6-10(16)7-12(13)15/h6-7,9H,4-5,8,16H2,1-3H3,(H,18,19). The molecule has 0 fully saturated rings. The van der Waals surface area contributed by atoms with Crippen LogP contribution in [0, 0.1) is 5.92 Å². The van der Waals surface area contributed by atoms with Crippen molar-refractivity contribution in [1.82, 2.24) is 0 Å². The highest BCUT2D eigenvalue weighted by Gasteiger charge is 2.21. The first-order valence-corrected chi connectivity index (χ1v) is 6.80. The average molecular weight is 301 g/mol. The molecule has 112 valence electrons. The van der Waals surface area contributed by atoms with E-state index in [0.29, 0.717) is 42.0 Å². The second kappa shape index (κ2) is 7.36. The molecule has 5 nitrogen and oxygen atoms in total. The number of carboxylic acid groups (broad SMARTS) is 1. The van der Waals surface area contributed by atoms with Crippen LogP contribution in [-0.4, -0.2) is 37.9 Å². The van der Waals surface area contributed by atoms with Crippen molar-refractivity contribution in [2.75, 3.05) is 37.4 Å². The van der Waals surface area contributed by atoms with Gasteiger partial charge in [0.15, 0.2) is 0 Å². The number of ether oxygens (including phenoxy) is 1. The Morgan fingerprint density at radius 1 is 1.50 bits per heavy atom. The highest BCUT2D eigenvalue weighted by Crippen LogP contribution is 2.33. The zero-order valence-electron chi connectivity index (χ0n) is 12.0. The van der Waals surface area contributed by atoms with Crippen LogP contribution in [0.15, 0.2) is 12.1 Å². The van der Waals surface area contributed by atoms with E-state index in [1.165, 1.54) is 6.07 Å². The summed E-state index contributed by atoms with van der Waals surface area (Å²) in [6, 6.07) is 3.01. The van der Waals surface area contributed by atoms with E-state index in [9.17, 15) is 9.90 Å². The molecular formula is C14H21ClN2O3. The zero-order valence-corrected chi connectivity index (χ0v) is 12.8. The topological polar surface area (TPSA) is 75.8 Å². The van der Waals surface area contributed by atoms with Gasteiger partial charge in [0, 0.05) is 25.9 Å². The van der Waals surface area contributed by atoms with Crippen LogP contribution in [0.2, 0.25) is 5.02 Å². The van der Waals surface area contributed by atoms with Gasteiger partial charge in [-0.05, 0) is 18.1 Å². The molecule has 0 aliphatic rings. The molecule has 0 aliphatic heterocycles. The van der Waals surface area contributed by atoms with Gasteiger partial charge in [-0.2, -0.15) is 0 Å². The lowest BCUT2D eigenvalue weighted by molar-refractivity contribution is 0.0697. The molecule has 1 aromatic rings. The van der Waals surface area contributed by atoms with Gasteiger partial charge in [0.2, 0.25) is 0 Å². The van der Waals surface area contributed by atoms with Crippen molar-refractivity contribution in [2.24, 2.45) is 5.92 Å². The Hall–Kier alpha value is -1.46. The van der Waals surface area contributed by atoms with E-state index in [1.807, 2.05) is 4.90 Å². The number of aromatic carboxylic acids is 1. The number of nitrogens with zero attached hydrogens (tertiary/aromatic N) is 1. The molecule has 0 aliphatic carbocycles. The summed E-state index contributed by atoms with van der Waals surface area (Å²) in [6.07, 6.45) is 0. The highest BCUT2D eigenvalue weighted by molar-refractivity contribution is 6.34. The third-order valence-corrected chi connectivity index (χ3v) is 3.07. The van der Waals surface area contributed by atoms with Crippen LogP contribution in [-0.2, 0) is 4.74 Å². The molecule has 0 saturated carbocycles. The molecule has 0 aromatic heterocycles. The molecule has 0 radical (unpaired) electrons. The molecule has 0 saturated heterocycles. The van der Waals surface area contributed by atoms with Gasteiger partial charge in [-0.1, -0.05) is 25.4 Å². The molecule has 1 rings (SSSR count). The van der Waals surface area contributed by atoms with E-state index >= 15 is 0 Å². The summed E-state index contributed by atoms with van der Waals surface area (Å²) >= 11 is 6.21. The van der Waals surface area contributed by atoms with Crippen LogP contribution in [0.4, 0.5) is 11.4 Å². The van der Waals surface area contributed by atoms with Crippen LogP contribution in [0.1, 0.15) is 24.2 Å². The number of rotatable bonds is 7. The summed E-state index contributed by atoms with van der Waals surface area (Å²) in [7, 11) is 1.61. The molecule has 6 heteroatoms. The van der Waals surface area contributed by atoms with E-state index in [4.69, 9.17) is 22.1 Å². The number of halogens is 1. The summed E-state index contributed by atoms with van der Waals surface area (Å²) in [5.74, 6) is -0.678. The fraction of sp³-hybridized carbons (Fsp3) is 0.500. The van der Waals surface area contributed by atoms with Gasteiger partial charge in [0.25, 0.3) is 0 Å². The summed E-state index contributed by atoms with van der Waals surface area (Å²) < 4.78 is 5.08. The quantitative estimate of drug-likeness (QED) is 0.757. The second-order valence-corrected chi connectivity index (χ2v) is 5.44. The lowest BCUT2D eigenvalue weighted by atomic mass is 10.1. The number of carbonyl (C=O) groups is 1. The van der Waals surface area contributed by atoms with Gasteiger partial charge >= 0.3 is 5.97 Å². The molecule has 0 bridgehead atoms. The van der Waals surface area contributed by atoms with Gasteiger partial charge < -0.3 is 20.5 Å². The minimum atomic E-state index is -1.04. The lowest BCUT2D eigenvalue weighted by Gasteiger charge is -2.29. The Morgan fingerprint density at radius 3 is 2.65 bits per heavy atom. The van der Waals surface area contributed by atoms with Crippen molar-refractivity contribution in [3.63, 3.8) is 0 Å². The fourth-order valence-electron chi connectivity index (χ4n) is 2.04. The fourth-order valence-corrected chi connectivity index (χ4v) is 2.39. The summed E-state index contributed by atoms with van der Waals surface area (Å²) in [6.45, 7) is 5.87. The first-order valence-electron chi connectivity index (χ1n) is 6.43. The van der Waals surface area contributed by atoms with Crippen LogP contribution in [0.3, 0.4) is 0 Å². The SMILES string of the molecule is COCCN(CC(C)C)c1c(Cl)cc(N)cc1C(=O)O. The molecule has 0 spiro atoms. The van der Waals surface area contributed by atoms with Crippen LogP contribution < -0.4 is 10.6 Å². The Bertz CT molecular complexity index is 478. The molecular weight excluding hydrogens is 280 g/mol. The predicted molar refractivity (Wildman–Crippen MR) is 81.8 cm³/mol. The lowest BCUT2D eigenvalue weighted by Crippen LogP contribution is -2.32. The van der Waals surface area contributed by atoms with Gasteiger partial charge in [-0.3, -0.25) is 0 Å². The third kappa shape index (κ3) is 4.28. The number of anilines is 2. The Kier molecular flexibility index (Phi) is 6.10. The summed E-state index contributed by atoms with van der Waals surface area (Å²) in [5.41, 5.74) is 6.63. The second-order valence-electron chi connectivity index (χ2n) is 5.04. The third-order valence-electron chi connectivity index (χ3n) is 2.78. The summed E-state index contributed by atoms with van der Waals surface area (Å²) in [4.78, 5) is 13.3. The normalized spacial score (nSPS) is 10.8. The van der Waals surface area contributed by atoms with E-state index in [2.05, 4.69) is 13.8 Å². The Morgan fingerprint density at radius 2 is 2.15 bits per heavy atom. The minimum Gasteiger partial charge on any atom is -0.478 e. The maximum Gasteiger partial charge on any atom is 0.337 e. The number of methoxy groups -OCH3 is 1. The van der Waals surface area contributed by atoms with Crippen molar-refractivity contribution in [3.8, 4) is 0 Å². The number of hydrogen-bond donors (Lipinski definition) is 2. The van der Waals surface area contributed by atoms with E-state index in [0.717, 1.165) is 0 Å². The maximum absolute atomic E-state index is 11.4. The van der Waals surface area contributed by atoms with Crippen molar-refractivity contribution < 1.29 is 14.6 Å². The monoisotopic (exact) mass is 300 g/mol. The van der Waals surface area contributed by atoms with Gasteiger partial charge in [0.05, 0.1) is 22.9 Å². The largest absolute Gasteiger partial charge is 0.478 e. The maximum atomic E-state index is 11.4. The minimum absolute atomic E-state index is 0.117. The molecule has 3 N–H and O–H groups in total. The van der Waals surface area contributed by atoms with Crippen molar-refractivity contribution in [3.05, 3.63) is 22.7 Å². The zero-order chi connectivity index (χ0) is 15.3. The van der Waals surface area contributed by atoms with Crippen molar-refractivity contribution >= 4 is 28.9 Å². The average Bonchev–Trinajstić information content (AvgIpc) is 2.33.